The van der Waals surface area contributed by atoms with E-state index in [0.29, 0.717) is 6.04 Å². The van der Waals surface area contributed by atoms with Crippen LogP contribution in [0.2, 0.25) is 0 Å². The molecule has 0 spiro atoms. The molecule has 1 atom stereocenters. The topological polar surface area (TPSA) is 28.2 Å². The standard InChI is InChI=1S/C10H15N3/c1-11-13-7-3-5-10(13)9-4-2-6-12-8-9/h2,4,6,8,10-11H,3,5,7H2,1H3/t10-/m0/s1. The predicted molar refractivity (Wildman–Crippen MR) is 52.0 cm³/mol. The van der Waals surface area contributed by atoms with Gasteiger partial charge in [0.1, 0.15) is 0 Å². The van der Waals surface area contributed by atoms with Crippen molar-refractivity contribution in [2.24, 2.45) is 0 Å². The summed E-state index contributed by atoms with van der Waals surface area (Å²) in [6, 6.07) is 4.66. The summed E-state index contributed by atoms with van der Waals surface area (Å²) in [5.41, 5.74) is 4.53. The molecule has 1 fully saturated rings. The first-order valence-electron chi connectivity index (χ1n) is 4.76. The zero-order chi connectivity index (χ0) is 9.10. The van der Waals surface area contributed by atoms with Gasteiger partial charge in [-0.1, -0.05) is 6.07 Å². The van der Waals surface area contributed by atoms with E-state index >= 15 is 0 Å². The second-order valence-electron chi connectivity index (χ2n) is 3.36. The average molecular weight is 177 g/mol. The van der Waals surface area contributed by atoms with Crippen LogP contribution < -0.4 is 5.43 Å². The van der Waals surface area contributed by atoms with Crippen molar-refractivity contribution in [3.63, 3.8) is 0 Å². The second-order valence-corrected chi connectivity index (χ2v) is 3.36. The predicted octanol–water partition coefficient (Wildman–Crippen LogP) is 1.35. The number of rotatable bonds is 2. The van der Waals surface area contributed by atoms with Crippen molar-refractivity contribution in [2.45, 2.75) is 18.9 Å². The maximum atomic E-state index is 4.14. The molecular formula is C10H15N3. The van der Waals surface area contributed by atoms with Crippen molar-refractivity contribution in [3.05, 3.63) is 30.1 Å². The number of aromatic nitrogens is 1. The maximum absolute atomic E-state index is 4.14. The smallest absolute Gasteiger partial charge is 0.0508 e. The van der Waals surface area contributed by atoms with E-state index in [1.807, 2.05) is 25.5 Å². The van der Waals surface area contributed by atoms with E-state index in [1.54, 1.807) is 0 Å². The summed E-state index contributed by atoms with van der Waals surface area (Å²) in [5, 5.41) is 2.27. The van der Waals surface area contributed by atoms with E-state index in [9.17, 15) is 0 Å². The summed E-state index contributed by atoms with van der Waals surface area (Å²) >= 11 is 0. The molecule has 1 aliphatic heterocycles. The lowest BCUT2D eigenvalue weighted by atomic mass is 10.1. The molecule has 0 radical (unpaired) electrons. The molecular weight excluding hydrogens is 162 g/mol. The van der Waals surface area contributed by atoms with Gasteiger partial charge in [-0.3, -0.25) is 10.4 Å². The molecule has 13 heavy (non-hydrogen) atoms. The van der Waals surface area contributed by atoms with Crippen molar-refractivity contribution in [1.29, 1.82) is 0 Å². The van der Waals surface area contributed by atoms with Crippen LogP contribution in [0, 0.1) is 0 Å². The maximum Gasteiger partial charge on any atom is 0.0508 e. The molecule has 70 valence electrons. The Balaban J connectivity index is 2.16. The Bertz CT molecular complexity index is 260. The summed E-state index contributed by atoms with van der Waals surface area (Å²) in [5.74, 6) is 0. The molecule has 0 amide bonds. The lowest BCUT2D eigenvalue weighted by Crippen LogP contribution is -2.34. The fourth-order valence-corrected chi connectivity index (χ4v) is 1.95. The molecule has 3 nitrogen and oxygen atoms in total. The van der Waals surface area contributed by atoms with E-state index in [0.717, 1.165) is 6.54 Å². The van der Waals surface area contributed by atoms with Crippen LogP contribution in [0.1, 0.15) is 24.4 Å². The average Bonchev–Trinajstić information content (AvgIpc) is 2.67. The number of hydrazine groups is 1. The number of pyridine rings is 1. The molecule has 0 unspecified atom stereocenters. The molecule has 0 aliphatic carbocycles. The fourth-order valence-electron chi connectivity index (χ4n) is 1.95. The zero-order valence-electron chi connectivity index (χ0n) is 7.90. The van der Waals surface area contributed by atoms with Crippen LogP contribution in [0.5, 0.6) is 0 Å². The van der Waals surface area contributed by atoms with Gasteiger partial charge in [0.25, 0.3) is 0 Å². The number of hydrogen-bond acceptors (Lipinski definition) is 3. The number of hydrogen-bond donors (Lipinski definition) is 1. The molecule has 0 saturated carbocycles. The van der Waals surface area contributed by atoms with Gasteiger partial charge in [0.05, 0.1) is 6.04 Å². The van der Waals surface area contributed by atoms with E-state index < -0.39 is 0 Å². The summed E-state index contributed by atoms with van der Waals surface area (Å²) in [6.45, 7) is 1.13. The van der Waals surface area contributed by atoms with Crippen molar-refractivity contribution < 1.29 is 0 Å². The van der Waals surface area contributed by atoms with Crippen LogP contribution in [0.4, 0.5) is 0 Å². The third kappa shape index (κ3) is 1.71. The van der Waals surface area contributed by atoms with Crippen molar-refractivity contribution in [3.8, 4) is 0 Å². The molecule has 0 bridgehead atoms. The Kier molecular flexibility index (Phi) is 2.57. The number of nitrogens with one attached hydrogen (secondary N) is 1. The van der Waals surface area contributed by atoms with Gasteiger partial charge < -0.3 is 0 Å². The molecule has 1 saturated heterocycles. The van der Waals surface area contributed by atoms with Crippen LogP contribution in [0.25, 0.3) is 0 Å². The first-order chi connectivity index (χ1) is 6.42. The fraction of sp³-hybridized carbons (Fsp3) is 0.500. The van der Waals surface area contributed by atoms with Gasteiger partial charge in [-0.2, -0.15) is 0 Å². The first kappa shape index (κ1) is 8.66. The Morgan fingerprint density at radius 2 is 2.54 bits per heavy atom. The Morgan fingerprint density at radius 1 is 1.62 bits per heavy atom. The van der Waals surface area contributed by atoms with Crippen molar-refractivity contribution in [2.75, 3.05) is 13.6 Å². The Labute approximate surface area is 78.7 Å². The highest BCUT2D eigenvalue weighted by atomic mass is 15.5. The summed E-state index contributed by atoms with van der Waals surface area (Å²) in [4.78, 5) is 4.14. The van der Waals surface area contributed by atoms with Crippen LogP contribution >= 0.6 is 0 Å². The van der Waals surface area contributed by atoms with Crippen LogP contribution in [0.15, 0.2) is 24.5 Å². The van der Waals surface area contributed by atoms with Crippen LogP contribution in [0.3, 0.4) is 0 Å². The Hall–Kier alpha value is -0.930. The van der Waals surface area contributed by atoms with Gasteiger partial charge in [0.15, 0.2) is 0 Å². The third-order valence-electron chi connectivity index (χ3n) is 2.61. The largest absolute Gasteiger partial charge is 0.264 e. The third-order valence-corrected chi connectivity index (χ3v) is 2.61. The van der Waals surface area contributed by atoms with Crippen LogP contribution in [-0.2, 0) is 0 Å². The van der Waals surface area contributed by atoms with E-state index in [-0.39, 0.29) is 0 Å². The highest BCUT2D eigenvalue weighted by Gasteiger charge is 2.24. The molecule has 2 heterocycles. The minimum absolute atomic E-state index is 0.513. The molecule has 1 N–H and O–H groups in total. The molecule has 2 rings (SSSR count). The van der Waals surface area contributed by atoms with E-state index in [2.05, 4.69) is 21.5 Å². The lowest BCUT2D eigenvalue weighted by Gasteiger charge is -2.22. The molecule has 0 aromatic carbocycles. The monoisotopic (exact) mass is 177 g/mol. The lowest BCUT2D eigenvalue weighted by molar-refractivity contribution is 0.190. The van der Waals surface area contributed by atoms with Gasteiger partial charge in [0, 0.05) is 18.9 Å². The molecule has 1 aliphatic rings. The van der Waals surface area contributed by atoms with Gasteiger partial charge in [-0.25, -0.2) is 5.01 Å². The molecule has 3 heteroatoms. The van der Waals surface area contributed by atoms with Gasteiger partial charge >= 0.3 is 0 Å². The first-order valence-corrected chi connectivity index (χ1v) is 4.76. The summed E-state index contributed by atoms with van der Waals surface area (Å²) < 4.78 is 0. The number of nitrogens with zero attached hydrogens (tertiary/aromatic N) is 2. The van der Waals surface area contributed by atoms with Gasteiger partial charge in [0.2, 0.25) is 0 Å². The summed E-state index contributed by atoms with van der Waals surface area (Å²) in [6.07, 6.45) is 6.27. The van der Waals surface area contributed by atoms with Crippen molar-refractivity contribution >= 4 is 0 Å². The van der Waals surface area contributed by atoms with Gasteiger partial charge in [-0.05, 0) is 31.5 Å². The molecule has 1 aromatic heterocycles. The minimum Gasteiger partial charge on any atom is -0.264 e. The highest BCUT2D eigenvalue weighted by Crippen LogP contribution is 2.28. The Morgan fingerprint density at radius 3 is 3.23 bits per heavy atom. The van der Waals surface area contributed by atoms with Gasteiger partial charge in [-0.15, -0.1) is 0 Å². The normalized spacial score (nSPS) is 23.6. The highest BCUT2D eigenvalue weighted by molar-refractivity contribution is 5.14. The quantitative estimate of drug-likeness (QED) is 0.739. The van der Waals surface area contributed by atoms with Crippen LogP contribution in [-0.4, -0.2) is 23.6 Å². The minimum atomic E-state index is 0.513. The SMILES string of the molecule is CNN1CCC[C@H]1c1cccnc1. The summed E-state index contributed by atoms with van der Waals surface area (Å²) in [7, 11) is 1.98. The van der Waals surface area contributed by atoms with E-state index in [1.165, 1.54) is 18.4 Å². The van der Waals surface area contributed by atoms with Crippen molar-refractivity contribution in [1.82, 2.24) is 15.4 Å². The molecule has 1 aromatic rings. The zero-order valence-corrected chi connectivity index (χ0v) is 7.90. The van der Waals surface area contributed by atoms with E-state index in [4.69, 9.17) is 0 Å². The second kappa shape index (κ2) is 3.85.